The van der Waals surface area contributed by atoms with Crippen LogP contribution in [0.5, 0.6) is 0 Å². The topological polar surface area (TPSA) is 99.1 Å². The Kier molecular flexibility index (Phi) is 7.07. The molecule has 0 aliphatic rings. The smallest absolute Gasteiger partial charge is 0.222 e. The summed E-state index contributed by atoms with van der Waals surface area (Å²) in [4.78, 5) is 8.56. The van der Waals surface area contributed by atoms with Crippen molar-refractivity contribution in [2.45, 2.75) is 26.7 Å². The van der Waals surface area contributed by atoms with Gasteiger partial charge >= 0.3 is 0 Å². The van der Waals surface area contributed by atoms with Gasteiger partial charge in [0.2, 0.25) is 5.95 Å². The number of aromatic nitrogens is 2. The van der Waals surface area contributed by atoms with Crippen LogP contribution in [0.15, 0.2) is 72.8 Å². The molecule has 6 nitrogen and oxygen atoms in total. The van der Waals surface area contributed by atoms with E-state index in [4.69, 9.17) is 27.8 Å². The number of nitrogens with two attached hydrogens (primary N) is 2. The van der Waals surface area contributed by atoms with E-state index in [1.165, 1.54) is 5.56 Å². The van der Waals surface area contributed by atoms with Crippen LogP contribution in [0, 0.1) is 6.92 Å². The monoisotopic (exact) mass is 459 g/mol. The van der Waals surface area contributed by atoms with Gasteiger partial charge in [-0.25, -0.2) is 4.98 Å². The Labute approximate surface area is 198 Å². The Morgan fingerprint density at radius 1 is 0.879 bits per heavy atom. The predicted octanol–water partition coefficient (Wildman–Crippen LogP) is 5.60. The second-order valence-corrected chi connectivity index (χ2v) is 8.20. The Morgan fingerprint density at radius 3 is 2.33 bits per heavy atom. The number of hydrogen-bond donors (Lipinski definition) is 3. The highest BCUT2D eigenvalue weighted by atomic mass is 35.5. The normalized spacial score (nSPS) is 10.8. The van der Waals surface area contributed by atoms with E-state index in [9.17, 15) is 0 Å². The predicted molar refractivity (Wildman–Crippen MR) is 135 cm³/mol. The van der Waals surface area contributed by atoms with Crippen molar-refractivity contribution in [2.24, 2.45) is 0 Å². The third-order valence-corrected chi connectivity index (χ3v) is 5.62. The fourth-order valence-electron chi connectivity index (χ4n) is 3.56. The molecule has 33 heavy (non-hydrogen) atoms. The third-order valence-electron chi connectivity index (χ3n) is 5.37. The lowest BCUT2D eigenvalue weighted by atomic mass is 10.0. The Hall–Kier alpha value is -3.61. The van der Waals surface area contributed by atoms with Crippen LogP contribution >= 0.6 is 11.6 Å². The number of rotatable bonds is 8. The van der Waals surface area contributed by atoms with Gasteiger partial charge in [-0.3, -0.25) is 0 Å². The summed E-state index contributed by atoms with van der Waals surface area (Å²) in [6.45, 7) is 3.51. The van der Waals surface area contributed by atoms with Crippen LogP contribution in [0.3, 0.4) is 0 Å². The van der Waals surface area contributed by atoms with Crippen molar-refractivity contribution in [3.63, 3.8) is 0 Å². The van der Waals surface area contributed by atoms with Crippen LogP contribution in [0.4, 0.5) is 17.5 Å². The molecule has 0 amide bonds. The van der Waals surface area contributed by atoms with Gasteiger partial charge < -0.3 is 21.5 Å². The number of anilines is 3. The van der Waals surface area contributed by atoms with E-state index in [0.717, 1.165) is 33.0 Å². The molecule has 7 heteroatoms. The van der Waals surface area contributed by atoms with Gasteiger partial charge in [0.05, 0.1) is 18.9 Å². The zero-order valence-electron chi connectivity index (χ0n) is 18.4. The van der Waals surface area contributed by atoms with E-state index in [-0.39, 0.29) is 12.6 Å². The second kappa shape index (κ2) is 10.3. The summed E-state index contributed by atoms with van der Waals surface area (Å²) < 4.78 is 5.96. The van der Waals surface area contributed by atoms with Crippen LogP contribution in [-0.2, 0) is 24.5 Å². The minimum Gasteiger partial charge on any atom is -0.383 e. The summed E-state index contributed by atoms with van der Waals surface area (Å²) in [6, 6.07) is 23.9. The third kappa shape index (κ3) is 5.80. The molecule has 168 valence electrons. The fraction of sp³-hybridized carbons (Fsp3) is 0.154. The minimum absolute atomic E-state index is 0.131. The number of aryl methyl sites for hydroxylation is 1. The molecule has 1 heterocycles. The summed E-state index contributed by atoms with van der Waals surface area (Å²) in [5, 5.41) is 4.13. The molecule has 0 atom stereocenters. The summed E-state index contributed by atoms with van der Waals surface area (Å²) in [7, 11) is 0. The molecular weight excluding hydrogens is 434 g/mol. The average Bonchev–Trinajstić information content (AvgIpc) is 2.80. The molecule has 0 saturated heterocycles. The van der Waals surface area contributed by atoms with Crippen molar-refractivity contribution in [2.75, 3.05) is 16.8 Å². The number of nitrogens with one attached hydrogen (secondary N) is 1. The maximum Gasteiger partial charge on any atom is 0.222 e. The number of benzene rings is 3. The van der Waals surface area contributed by atoms with Gasteiger partial charge in [0.25, 0.3) is 0 Å². The molecule has 5 N–H and O–H groups in total. The number of halogens is 1. The second-order valence-electron chi connectivity index (χ2n) is 7.77. The first-order valence-corrected chi connectivity index (χ1v) is 11.0. The van der Waals surface area contributed by atoms with Crippen molar-refractivity contribution in [3.8, 4) is 11.1 Å². The lowest BCUT2D eigenvalue weighted by molar-refractivity contribution is 0.104. The van der Waals surface area contributed by atoms with Crippen LogP contribution in [0.1, 0.15) is 22.4 Å². The molecule has 0 radical (unpaired) electrons. The van der Waals surface area contributed by atoms with Gasteiger partial charge in [-0.05, 0) is 53.4 Å². The quantitative estimate of drug-likeness (QED) is 0.317. The summed E-state index contributed by atoms with van der Waals surface area (Å²) >= 11 is 5.95. The van der Waals surface area contributed by atoms with Gasteiger partial charge in [0, 0.05) is 22.8 Å². The van der Waals surface area contributed by atoms with Crippen LogP contribution < -0.4 is 16.8 Å². The first-order valence-electron chi connectivity index (χ1n) is 10.6. The highest BCUT2D eigenvalue weighted by Crippen LogP contribution is 2.30. The molecule has 0 aliphatic heterocycles. The Balaban J connectivity index is 1.48. The highest BCUT2D eigenvalue weighted by molar-refractivity contribution is 6.30. The highest BCUT2D eigenvalue weighted by Gasteiger charge is 2.14. The Bertz CT molecular complexity index is 1230. The standard InChI is InChI=1S/C26H26ClN5O/c1-17-4-2-3-5-20(17)15-33-16-23-24(25(28)32-26(29)31-23)19-8-12-22(13-9-19)30-14-18-6-10-21(27)11-7-18/h2-13,30H,14-16H2,1H3,(H4,28,29,31,32). The number of ether oxygens (including phenoxy) is 1. The van der Waals surface area contributed by atoms with Gasteiger partial charge in [0.1, 0.15) is 5.82 Å². The van der Waals surface area contributed by atoms with Crippen molar-refractivity contribution >= 4 is 29.1 Å². The molecule has 0 aliphatic carbocycles. The summed E-state index contributed by atoms with van der Waals surface area (Å²) in [6.07, 6.45) is 0. The zero-order valence-corrected chi connectivity index (χ0v) is 19.1. The van der Waals surface area contributed by atoms with Crippen LogP contribution in [0.2, 0.25) is 5.02 Å². The fourth-order valence-corrected chi connectivity index (χ4v) is 3.68. The lowest BCUT2D eigenvalue weighted by Gasteiger charge is -2.14. The first-order chi connectivity index (χ1) is 16.0. The van der Waals surface area contributed by atoms with Gasteiger partial charge in [-0.15, -0.1) is 0 Å². The van der Waals surface area contributed by atoms with Crippen LogP contribution in [-0.4, -0.2) is 9.97 Å². The Morgan fingerprint density at radius 2 is 1.61 bits per heavy atom. The summed E-state index contributed by atoms with van der Waals surface area (Å²) in [5.74, 6) is 0.464. The van der Waals surface area contributed by atoms with Crippen molar-refractivity contribution in [3.05, 3.63) is 100 Å². The van der Waals surface area contributed by atoms with E-state index < -0.39 is 0 Å². The largest absolute Gasteiger partial charge is 0.383 e. The lowest BCUT2D eigenvalue weighted by Crippen LogP contribution is -2.08. The molecule has 0 spiro atoms. The molecule has 0 fully saturated rings. The minimum atomic E-state index is 0.131. The SMILES string of the molecule is Cc1ccccc1COCc1nc(N)nc(N)c1-c1ccc(NCc2ccc(Cl)cc2)cc1. The van der Waals surface area contributed by atoms with E-state index in [2.05, 4.69) is 34.3 Å². The number of nitrogen functional groups attached to an aromatic ring is 2. The van der Waals surface area contributed by atoms with Crippen molar-refractivity contribution in [1.82, 2.24) is 9.97 Å². The maximum atomic E-state index is 6.23. The van der Waals surface area contributed by atoms with Gasteiger partial charge in [-0.1, -0.05) is 60.1 Å². The van der Waals surface area contributed by atoms with E-state index >= 15 is 0 Å². The van der Waals surface area contributed by atoms with E-state index in [1.807, 2.05) is 60.7 Å². The molecular formula is C26H26ClN5O. The molecule has 1 aromatic heterocycles. The number of hydrogen-bond acceptors (Lipinski definition) is 6. The molecule has 0 saturated carbocycles. The molecule has 4 rings (SSSR count). The van der Waals surface area contributed by atoms with E-state index in [0.29, 0.717) is 24.7 Å². The van der Waals surface area contributed by atoms with Crippen LogP contribution in [0.25, 0.3) is 11.1 Å². The molecule has 3 aromatic carbocycles. The first kappa shape index (κ1) is 22.6. The number of nitrogens with zero attached hydrogens (tertiary/aromatic N) is 2. The van der Waals surface area contributed by atoms with Crippen molar-refractivity contribution < 1.29 is 4.74 Å². The maximum absolute atomic E-state index is 6.23. The molecule has 0 unspecified atom stereocenters. The average molecular weight is 460 g/mol. The van der Waals surface area contributed by atoms with E-state index in [1.54, 1.807) is 0 Å². The molecule has 4 aromatic rings. The summed E-state index contributed by atoms with van der Waals surface area (Å²) in [5.41, 5.74) is 18.8. The van der Waals surface area contributed by atoms with Crippen molar-refractivity contribution in [1.29, 1.82) is 0 Å². The zero-order chi connectivity index (χ0) is 23.2. The molecule has 0 bridgehead atoms. The van der Waals surface area contributed by atoms with Gasteiger partial charge in [0.15, 0.2) is 0 Å². The van der Waals surface area contributed by atoms with Gasteiger partial charge in [-0.2, -0.15) is 4.98 Å².